The molecule has 0 fully saturated rings. The molecule has 3 aromatic rings. The normalized spacial score (nSPS) is 11.1. The predicted molar refractivity (Wildman–Crippen MR) is 106 cm³/mol. The summed E-state index contributed by atoms with van der Waals surface area (Å²) in [6.45, 7) is 0.0683. The number of ether oxygens (including phenoxy) is 1. The summed E-state index contributed by atoms with van der Waals surface area (Å²) in [6, 6.07) is 9.26. The van der Waals surface area contributed by atoms with Crippen molar-refractivity contribution in [2.45, 2.75) is 17.9 Å². The van der Waals surface area contributed by atoms with Gasteiger partial charge >= 0.3 is 5.97 Å². The maximum atomic E-state index is 12.2. The lowest BCUT2D eigenvalue weighted by molar-refractivity contribution is 0.0468. The van der Waals surface area contributed by atoms with Gasteiger partial charge in [0.25, 0.3) is 0 Å². The zero-order valence-electron chi connectivity index (χ0n) is 14.5. The smallest absolute Gasteiger partial charge is 0.338 e. The largest absolute Gasteiger partial charge is 0.456 e. The minimum Gasteiger partial charge on any atom is -0.456 e. The highest BCUT2D eigenvalue weighted by molar-refractivity contribution is 7.89. The Bertz CT molecular complexity index is 1080. The van der Waals surface area contributed by atoms with Crippen molar-refractivity contribution >= 4 is 38.7 Å². The Morgan fingerprint density at radius 3 is 2.68 bits per heavy atom. The van der Waals surface area contributed by atoms with Gasteiger partial charge in [-0.3, -0.25) is 0 Å². The Balaban J connectivity index is 1.58. The molecule has 0 unspecified atom stereocenters. The summed E-state index contributed by atoms with van der Waals surface area (Å²) in [4.78, 5) is 16.6. The van der Waals surface area contributed by atoms with E-state index in [9.17, 15) is 13.2 Å². The van der Waals surface area contributed by atoms with Crippen molar-refractivity contribution in [1.82, 2.24) is 9.71 Å². The Labute approximate surface area is 170 Å². The number of nitrogens with zero attached hydrogens (tertiary/aromatic N) is 2. The first-order chi connectivity index (χ1) is 13.5. The van der Waals surface area contributed by atoms with Crippen LogP contribution in [0.15, 0.2) is 51.4 Å². The Morgan fingerprint density at radius 2 is 2.00 bits per heavy atom. The molecule has 10 heteroatoms. The third-order valence-corrected chi connectivity index (χ3v) is 6.70. The van der Waals surface area contributed by atoms with E-state index in [1.807, 2.05) is 28.3 Å². The lowest BCUT2D eigenvalue weighted by atomic mass is 10.2. The van der Waals surface area contributed by atoms with Crippen molar-refractivity contribution in [2.24, 2.45) is 0 Å². The second-order valence-electron chi connectivity index (χ2n) is 5.56. The standard InChI is InChI=1S/C18H15N3O4S3/c19-7-1-8-20-28(23,24)16-4-2-13(3-5-16)18(22)25-10-15-12-27-17(21-15)14-6-9-26-11-14/h2-6,9,11-12,20H,1,8,10H2. The molecule has 28 heavy (non-hydrogen) atoms. The van der Waals surface area contributed by atoms with Crippen LogP contribution in [0.4, 0.5) is 0 Å². The van der Waals surface area contributed by atoms with Gasteiger partial charge in [-0.2, -0.15) is 16.6 Å². The minimum atomic E-state index is -3.71. The van der Waals surface area contributed by atoms with E-state index in [0.29, 0.717) is 5.69 Å². The summed E-state index contributed by atoms with van der Waals surface area (Å²) >= 11 is 3.07. The zero-order valence-corrected chi connectivity index (χ0v) is 16.9. The molecule has 2 aromatic heterocycles. The number of thiophene rings is 1. The molecule has 3 rings (SSSR count). The number of carbonyl (C=O) groups is 1. The van der Waals surface area contributed by atoms with E-state index >= 15 is 0 Å². The summed E-state index contributed by atoms with van der Waals surface area (Å²) in [5, 5.41) is 15.1. The highest BCUT2D eigenvalue weighted by Crippen LogP contribution is 2.26. The molecule has 2 heterocycles. The maximum absolute atomic E-state index is 12.2. The van der Waals surface area contributed by atoms with Gasteiger partial charge in [-0.15, -0.1) is 11.3 Å². The van der Waals surface area contributed by atoms with E-state index in [4.69, 9.17) is 10.00 Å². The fourth-order valence-corrected chi connectivity index (χ4v) is 4.76. The van der Waals surface area contributed by atoms with Crippen LogP contribution in [0.3, 0.4) is 0 Å². The molecule has 0 bridgehead atoms. The first-order valence-electron chi connectivity index (χ1n) is 8.10. The number of thiazole rings is 1. The van der Waals surface area contributed by atoms with Gasteiger partial charge in [-0.25, -0.2) is 22.9 Å². The molecule has 0 radical (unpaired) electrons. The summed E-state index contributed by atoms with van der Waals surface area (Å²) < 4.78 is 31.7. The molecule has 1 N–H and O–H groups in total. The molecule has 0 aliphatic carbocycles. The summed E-state index contributed by atoms with van der Waals surface area (Å²) in [5.74, 6) is -0.563. The first-order valence-corrected chi connectivity index (χ1v) is 11.4. The molecule has 7 nitrogen and oxygen atoms in total. The van der Waals surface area contributed by atoms with Gasteiger partial charge in [0.15, 0.2) is 0 Å². The molecule has 0 spiro atoms. The van der Waals surface area contributed by atoms with Crippen molar-refractivity contribution < 1.29 is 17.9 Å². The number of benzene rings is 1. The third-order valence-electron chi connectivity index (χ3n) is 3.60. The van der Waals surface area contributed by atoms with Gasteiger partial charge in [-0.1, -0.05) is 0 Å². The first kappa shape index (κ1) is 20.2. The van der Waals surface area contributed by atoms with Crippen LogP contribution < -0.4 is 4.72 Å². The van der Waals surface area contributed by atoms with Gasteiger partial charge in [-0.05, 0) is 35.7 Å². The van der Waals surface area contributed by atoms with Gasteiger partial charge in [0.05, 0.1) is 22.2 Å². The molecule has 0 aliphatic rings. The molecule has 0 aliphatic heterocycles. The third kappa shape index (κ3) is 5.02. The zero-order chi connectivity index (χ0) is 20.0. The molecule has 0 saturated carbocycles. The number of esters is 1. The number of aromatic nitrogens is 1. The van der Waals surface area contributed by atoms with Crippen LogP contribution in [0, 0.1) is 11.3 Å². The van der Waals surface area contributed by atoms with Crippen molar-refractivity contribution in [3.63, 3.8) is 0 Å². The van der Waals surface area contributed by atoms with Crippen LogP contribution in [-0.4, -0.2) is 25.9 Å². The van der Waals surface area contributed by atoms with Gasteiger partial charge in [0, 0.05) is 29.3 Å². The molecule has 144 valence electrons. The molecule has 1 aromatic carbocycles. The number of rotatable bonds is 8. The SMILES string of the molecule is N#CCCNS(=O)(=O)c1ccc(C(=O)OCc2csc(-c3ccsc3)n2)cc1. The number of nitriles is 1. The van der Waals surface area contributed by atoms with Crippen LogP contribution in [0.5, 0.6) is 0 Å². The van der Waals surface area contributed by atoms with Gasteiger partial charge < -0.3 is 4.74 Å². The van der Waals surface area contributed by atoms with Crippen LogP contribution in [0.1, 0.15) is 22.5 Å². The van der Waals surface area contributed by atoms with E-state index in [2.05, 4.69) is 9.71 Å². The lowest BCUT2D eigenvalue weighted by Crippen LogP contribution is -2.24. The highest BCUT2D eigenvalue weighted by Gasteiger charge is 2.15. The highest BCUT2D eigenvalue weighted by atomic mass is 32.2. The average Bonchev–Trinajstić information content (AvgIpc) is 3.38. The van der Waals surface area contributed by atoms with Crippen molar-refractivity contribution in [2.75, 3.05) is 6.54 Å². The number of carbonyl (C=O) groups excluding carboxylic acids is 1. The Kier molecular flexibility index (Phi) is 6.53. The van der Waals surface area contributed by atoms with Crippen molar-refractivity contribution in [3.8, 4) is 16.6 Å². The van der Waals surface area contributed by atoms with Gasteiger partial charge in [0.2, 0.25) is 10.0 Å². The van der Waals surface area contributed by atoms with E-state index < -0.39 is 16.0 Å². The number of hydrogen-bond donors (Lipinski definition) is 1. The number of sulfonamides is 1. The van der Waals surface area contributed by atoms with E-state index in [-0.39, 0.29) is 30.0 Å². The Morgan fingerprint density at radius 1 is 1.21 bits per heavy atom. The van der Waals surface area contributed by atoms with Crippen LogP contribution in [0.2, 0.25) is 0 Å². The predicted octanol–water partition coefficient (Wildman–Crippen LogP) is 3.42. The number of hydrogen-bond acceptors (Lipinski definition) is 8. The van der Waals surface area contributed by atoms with Crippen molar-refractivity contribution in [3.05, 3.63) is 57.7 Å². The fourth-order valence-electron chi connectivity index (χ4n) is 2.21. The van der Waals surface area contributed by atoms with Crippen LogP contribution in [-0.2, 0) is 21.4 Å². The molecular formula is C18H15N3O4S3. The quantitative estimate of drug-likeness (QED) is 0.431. The van der Waals surface area contributed by atoms with Crippen molar-refractivity contribution in [1.29, 1.82) is 5.26 Å². The van der Waals surface area contributed by atoms with E-state index in [0.717, 1.165) is 10.6 Å². The minimum absolute atomic E-state index is 0.0156. The molecule has 0 atom stereocenters. The summed E-state index contributed by atoms with van der Waals surface area (Å²) in [7, 11) is -3.71. The van der Waals surface area contributed by atoms with E-state index in [1.54, 1.807) is 11.3 Å². The maximum Gasteiger partial charge on any atom is 0.338 e. The molecule has 0 saturated heterocycles. The fraction of sp³-hybridized carbons (Fsp3) is 0.167. The lowest BCUT2D eigenvalue weighted by Gasteiger charge is -2.06. The average molecular weight is 434 g/mol. The van der Waals surface area contributed by atoms with E-state index in [1.165, 1.54) is 35.6 Å². The Hall–Kier alpha value is -2.58. The summed E-state index contributed by atoms with van der Waals surface area (Å²) in [5.41, 5.74) is 1.93. The topological polar surface area (TPSA) is 109 Å². The number of nitrogens with one attached hydrogen (secondary N) is 1. The van der Waals surface area contributed by atoms with Crippen LogP contribution >= 0.6 is 22.7 Å². The molecule has 0 amide bonds. The van der Waals surface area contributed by atoms with Crippen LogP contribution in [0.25, 0.3) is 10.6 Å². The monoisotopic (exact) mass is 433 g/mol. The second-order valence-corrected chi connectivity index (χ2v) is 8.97. The second kappa shape index (κ2) is 9.07. The molecular weight excluding hydrogens is 418 g/mol. The summed E-state index contributed by atoms with van der Waals surface area (Å²) in [6.07, 6.45) is 0.0778. The van der Waals surface area contributed by atoms with Gasteiger partial charge in [0.1, 0.15) is 11.6 Å².